The number of carbonyl (C=O) groups excluding carboxylic acids is 1. The second-order valence-corrected chi connectivity index (χ2v) is 12.8. The minimum absolute atomic E-state index is 0.0519. The predicted molar refractivity (Wildman–Crippen MR) is 137 cm³/mol. The number of halogens is 3. The molecule has 1 aliphatic rings. The number of carbonyl (C=O) groups is 1. The van der Waals surface area contributed by atoms with E-state index in [0.717, 1.165) is 25.5 Å². The molecular formula is C25H23F3N2O6S2. The van der Waals surface area contributed by atoms with Crippen molar-refractivity contribution in [1.29, 1.82) is 0 Å². The lowest BCUT2D eigenvalue weighted by atomic mass is 9.92. The van der Waals surface area contributed by atoms with Crippen molar-refractivity contribution < 1.29 is 39.9 Å². The number of hydrogen-bond donors (Lipinski definition) is 2. The molecule has 0 spiro atoms. The van der Waals surface area contributed by atoms with Crippen LogP contribution in [0.3, 0.4) is 0 Å². The standard InChI is InChI=1S/C25H23F3N2O6S2/c1-14-20(25(26,27)28)11-17(12-23(14)37(2,33)34)15-4-6-19-16(10-15)8-9-30(24(19)32)18-5-7-22(31)21(13-18)29-38(3,35)36/h4-7,10-13,29,31H,8-9H2,1-3H3. The van der Waals surface area contributed by atoms with Gasteiger partial charge in [0.1, 0.15) is 5.75 Å². The van der Waals surface area contributed by atoms with Gasteiger partial charge in [0.15, 0.2) is 9.84 Å². The third-order valence-electron chi connectivity index (χ3n) is 6.17. The number of nitrogens with one attached hydrogen (secondary N) is 1. The highest BCUT2D eigenvalue weighted by Crippen LogP contribution is 2.39. The maximum Gasteiger partial charge on any atom is 0.416 e. The number of phenolic OH excluding ortho intramolecular Hbond substituents is 1. The van der Waals surface area contributed by atoms with Gasteiger partial charge in [-0.2, -0.15) is 13.2 Å². The molecule has 202 valence electrons. The number of rotatable bonds is 5. The van der Waals surface area contributed by atoms with E-state index in [0.29, 0.717) is 23.2 Å². The minimum Gasteiger partial charge on any atom is -0.506 e. The number of amides is 1. The fraction of sp³-hybridized carbons (Fsp3) is 0.240. The molecule has 0 bridgehead atoms. The molecule has 0 saturated carbocycles. The highest BCUT2D eigenvalue weighted by molar-refractivity contribution is 7.92. The normalized spacial score (nSPS) is 14.4. The maximum absolute atomic E-state index is 13.7. The van der Waals surface area contributed by atoms with Crippen LogP contribution in [0.1, 0.15) is 27.0 Å². The van der Waals surface area contributed by atoms with E-state index in [1.165, 1.54) is 41.3 Å². The van der Waals surface area contributed by atoms with Crippen molar-refractivity contribution in [3.63, 3.8) is 0 Å². The van der Waals surface area contributed by atoms with E-state index in [9.17, 15) is 39.9 Å². The van der Waals surface area contributed by atoms with Gasteiger partial charge in [0.2, 0.25) is 10.0 Å². The molecular weight excluding hydrogens is 545 g/mol. The second kappa shape index (κ2) is 9.31. The second-order valence-electron chi connectivity index (χ2n) is 9.07. The molecule has 13 heteroatoms. The van der Waals surface area contributed by atoms with Crippen molar-refractivity contribution >= 4 is 37.1 Å². The van der Waals surface area contributed by atoms with Crippen LogP contribution in [0.4, 0.5) is 24.5 Å². The Morgan fingerprint density at radius 3 is 2.24 bits per heavy atom. The number of aromatic hydroxyl groups is 1. The molecule has 0 unspecified atom stereocenters. The first-order valence-electron chi connectivity index (χ1n) is 11.1. The van der Waals surface area contributed by atoms with Crippen LogP contribution in [0.15, 0.2) is 53.4 Å². The fourth-order valence-corrected chi connectivity index (χ4v) is 5.99. The number of sulfonamides is 1. The molecule has 1 heterocycles. The predicted octanol–water partition coefficient (Wildman–Crippen LogP) is 4.36. The molecule has 4 rings (SSSR count). The topological polar surface area (TPSA) is 121 Å². The minimum atomic E-state index is -4.76. The van der Waals surface area contributed by atoms with Crippen LogP contribution < -0.4 is 9.62 Å². The van der Waals surface area contributed by atoms with Crippen LogP contribution in [0.5, 0.6) is 5.75 Å². The summed E-state index contributed by atoms with van der Waals surface area (Å²) < 4.78 is 90.9. The first-order chi connectivity index (χ1) is 17.5. The van der Waals surface area contributed by atoms with Crippen molar-refractivity contribution in [3.8, 4) is 16.9 Å². The van der Waals surface area contributed by atoms with Crippen molar-refractivity contribution in [2.45, 2.75) is 24.4 Å². The molecule has 0 aromatic heterocycles. The Labute approximate surface area is 217 Å². The van der Waals surface area contributed by atoms with Gasteiger partial charge in [-0.3, -0.25) is 9.52 Å². The Morgan fingerprint density at radius 1 is 0.947 bits per heavy atom. The molecule has 3 aromatic carbocycles. The highest BCUT2D eigenvalue weighted by atomic mass is 32.2. The fourth-order valence-electron chi connectivity index (χ4n) is 4.42. The Bertz CT molecular complexity index is 1680. The van der Waals surface area contributed by atoms with E-state index in [4.69, 9.17) is 0 Å². The van der Waals surface area contributed by atoms with Gasteiger partial charge in [0.25, 0.3) is 5.91 Å². The summed E-state index contributed by atoms with van der Waals surface area (Å²) in [5, 5.41) is 9.98. The quantitative estimate of drug-likeness (QED) is 0.441. The molecule has 0 saturated heterocycles. The summed E-state index contributed by atoms with van der Waals surface area (Å²) in [6.45, 7) is 1.29. The van der Waals surface area contributed by atoms with Crippen LogP contribution in [-0.2, 0) is 32.5 Å². The van der Waals surface area contributed by atoms with Gasteiger partial charge in [-0.05, 0) is 72.0 Å². The smallest absolute Gasteiger partial charge is 0.416 e. The molecule has 0 atom stereocenters. The number of nitrogens with zero attached hydrogens (tertiary/aromatic N) is 1. The molecule has 3 aromatic rings. The lowest BCUT2D eigenvalue weighted by Gasteiger charge is -2.29. The Kier molecular flexibility index (Phi) is 6.73. The van der Waals surface area contributed by atoms with E-state index in [2.05, 4.69) is 4.72 Å². The van der Waals surface area contributed by atoms with Gasteiger partial charge in [-0.15, -0.1) is 0 Å². The van der Waals surface area contributed by atoms with Crippen molar-refractivity contribution in [1.82, 2.24) is 0 Å². The molecule has 1 aliphatic heterocycles. The lowest BCUT2D eigenvalue weighted by Crippen LogP contribution is -2.37. The first-order valence-corrected chi connectivity index (χ1v) is 14.9. The van der Waals surface area contributed by atoms with Crippen molar-refractivity contribution in [3.05, 3.63) is 70.8 Å². The Morgan fingerprint density at radius 2 is 1.63 bits per heavy atom. The van der Waals surface area contributed by atoms with Crippen LogP contribution in [-0.4, -0.2) is 46.9 Å². The summed E-state index contributed by atoms with van der Waals surface area (Å²) in [5.74, 6) is -0.746. The number of fused-ring (bicyclic) bond motifs is 1. The SMILES string of the molecule is Cc1c(C(F)(F)F)cc(-c2ccc3c(c2)CCN(c2ccc(O)c(NS(C)(=O)=O)c2)C3=O)cc1S(C)(=O)=O. The summed E-state index contributed by atoms with van der Waals surface area (Å²) >= 11 is 0. The third kappa shape index (κ3) is 5.48. The van der Waals surface area contributed by atoms with E-state index in [-0.39, 0.29) is 34.7 Å². The lowest BCUT2D eigenvalue weighted by molar-refractivity contribution is -0.138. The van der Waals surface area contributed by atoms with E-state index in [1.54, 1.807) is 6.07 Å². The van der Waals surface area contributed by atoms with Crippen LogP contribution in [0, 0.1) is 6.92 Å². The largest absolute Gasteiger partial charge is 0.506 e. The molecule has 2 N–H and O–H groups in total. The van der Waals surface area contributed by atoms with Gasteiger partial charge in [-0.1, -0.05) is 12.1 Å². The summed E-state index contributed by atoms with van der Waals surface area (Å²) in [7, 11) is -7.64. The Balaban J connectivity index is 1.74. The monoisotopic (exact) mass is 568 g/mol. The van der Waals surface area contributed by atoms with Crippen LogP contribution in [0.2, 0.25) is 0 Å². The zero-order chi connectivity index (χ0) is 28.2. The van der Waals surface area contributed by atoms with Crippen molar-refractivity contribution in [2.75, 3.05) is 28.7 Å². The molecule has 0 radical (unpaired) electrons. The first kappa shape index (κ1) is 27.5. The third-order valence-corrected chi connectivity index (χ3v) is 7.98. The zero-order valence-corrected chi connectivity index (χ0v) is 22.1. The summed E-state index contributed by atoms with van der Waals surface area (Å²) in [6, 6.07) is 10.6. The van der Waals surface area contributed by atoms with Gasteiger partial charge >= 0.3 is 6.18 Å². The molecule has 8 nitrogen and oxygen atoms in total. The van der Waals surface area contributed by atoms with E-state index in [1.807, 2.05) is 0 Å². The highest BCUT2D eigenvalue weighted by Gasteiger charge is 2.35. The maximum atomic E-state index is 13.7. The zero-order valence-electron chi connectivity index (χ0n) is 20.4. The van der Waals surface area contributed by atoms with Gasteiger partial charge in [-0.25, -0.2) is 16.8 Å². The number of hydrogen-bond acceptors (Lipinski definition) is 6. The Hall–Kier alpha value is -3.58. The molecule has 38 heavy (non-hydrogen) atoms. The summed E-state index contributed by atoms with van der Waals surface area (Å²) in [5.41, 5.74) is 0.0256. The van der Waals surface area contributed by atoms with E-state index >= 15 is 0 Å². The molecule has 1 amide bonds. The molecule has 0 aliphatic carbocycles. The average molecular weight is 569 g/mol. The van der Waals surface area contributed by atoms with Gasteiger partial charge < -0.3 is 10.0 Å². The van der Waals surface area contributed by atoms with Crippen molar-refractivity contribution in [2.24, 2.45) is 0 Å². The number of alkyl halides is 3. The number of anilines is 2. The summed E-state index contributed by atoms with van der Waals surface area (Å²) in [4.78, 5) is 14.2. The number of benzene rings is 3. The van der Waals surface area contributed by atoms with Gasteiger partial charge in [0.05, 0.1) is 22.4 Å². The van der Waals surface area contributed by atoms with Crippen LogP contribution in [0.25, 0.3) is 11.1 Å². The average Bonchev–Trinajstić information content (AvgIpc) is 2.78. The van der Waals surface area contributed by atoms with Crippen LogP contribution >= 0.6 is 0 Å². The molecule has 0 fully saturated rings. The van der Waals surface area contributed by atoms with E-state index < -0.39 is 42.4 Å². The number of phenols is 1. The summed E-state index contributed by atoms with van der Waals surface area (Å²) in [6.07, 6.45) is -2.68. The van der Waals surface area contributed by atoms with Gasteiger partial charge in [0, 0.05) is 24.1 Å². The number of sulfone groups is 1.